The topological polar surface area (TPSA) is 74.8 Å². The Morgan fingerprint density at radius 3 is 2.94 bits per heavy atom. The lowest BCUT2D eigenvalue weighted by atomic mass is 10.3. The molecule has 2 rings (SSSR count). The van der Waals surface area contributed by atoms with Crippen LogP contribution in [0.5, 0.6) is 0 Å². The molecular weight excluding hydrogens is 250 g/mol. The van der Waals surface area contributed by atoms with Crippen molar-refractivity contribution in [3.05, 3.63) is 24.5 Å². The van der Waals surface area contributed by atoms with Gasteiger partial charge in [0.1, 0.15) is 0 Å². The second-order valence-corrected chi connectivity index (χ2v) is 5.95. The fraction of sp³-hybridized carbons (Fsp3) is 0.417. The lowest BCUT2D eigenvalue weighted by molar-refractivity contribution is 0.576. The highest BCUT2D eigenvalue weighted by Crippen LogP contribution is 2.15. The van der Waals surface area contributed by atoms with E-state index in [1.165, 1.54) is 0 Å². The smallest absolute Gasteiger partial charge is 0.240 e. The number of benzene rings is 1. The van der Waals surface area contributed by atoms with Crippen LogP contribution < -0.4 is 4.72 Å². The largest absolute Gasteiger partial charge is 0.345 e. The summed E-state index contributed by atoms with van der Waals surface area (Å²) in [5, 5.41) is 0. The number of rotatable bonds is 6. The Hall–Kier alpha value is -1.40. The quantitative estimate of drug-likeness (QED) is 0.786. The third-order valence-corrected chi connectivity index (χ3v) is 4.23. The van der Waals surface area contributed by atoms with Crippen molar-refractivity contribution in [2.75, 3.05) is 6.54 Å². The molecule has 0 saturated heterocycles. The molecule has 0 unspecified atom stereocenters. The highest BCUT2D eigenvalue weighted by Gasteiger charge is 2.13. The van der Waals surface area contributed by atoms with Crippen molar-refractivity contribution in [1.82, 2.24) is 14.7 Å². The Morgan fingerprint density at radius 2 is 2.17 bits per heavy atom. The zero-order chi connectivity index (χ0) is 13.0. The highest BCUT2D eigenvalue weighted by atomic mass is 32.2. The number of aromatic amines is 1. The molecule has 0 aliphatic carbocycles. The van der Waals surface area contributed by atoms with Crippen LogP contribution in [0.3, 0.4) is 0 Å². The van der Waals surface area contributed by atoms with Gasteiger partial charge in [-0.25, -0.2) is 18.1 Å². The van der Waals surface area contributed by atoms with Gasteiger partial charge in [-0.05, 0) is 24.6 Å². The molecular formula is C12H17N3O2S. The summed E-state index contributed by atoms with van der Waals surface area (Å²) in [5.41, 5.74) is 1.49. The second kappa shape index (κ2) is 5.49. The maximum atomic E-state index is 12.0. The average Bonchev–Trinajstić information content (AvgIpc) is 2.82. The molecule has 6 heteroatoms. The predicted molar refractivity (Wildman–Crippen MR) is 70.8 cm³/mol. The molecule has 0 bridgehead atoms. The molecule has 1 aromatic carbocycles. The molecule has 0 atom stereocenters. The van der Waals surface area contributed by atoms with E-state index in [1.54, 1.807) is 24.5 Å². The minimum absolute atomic E-state index is 0.274. The number of aromatic nitrogens is 2. The molecule has 0 spiro atoms. The summed E-state index contributed by atoms with van der Waals surface area (Å²) in [5.74, 6) is 0. The maximum Gasteiger partial charge on any atom is 0.240 e. The predicted octanol–water partition coefficient (Wildman–Crippen LogP) is 2.03. The normalized spacial score (nSPS) is 12.1. The maximum absolute atomic E-state index is 12.0. The summed E-state index contributed by atoms with van der Waals surface area (Å²) < 4.78 is 26.6. The van der Waals surface area contributed by atoms with E-state index in [0.29, 0.717) is 6.54 Å². The molecule has 0 amide bonds. The number of nitrogens with zero attached hydrogens (tertiary/aromatic N) is 1. The van der Waals surface area contributed by atoms with Crippen LogP contribution in [0.15, 0.2) is 29.4 Å². The van der Waals surface area contributed by atoms with Gasteiger partial charge in [0.15, 0.2) is 0 Å². The summed E-state index contributed by atoms with van der Waals surface area (Å²) in [7, 11) is -3.41. The Balaban J connectivity index is 2.13. The van der Waals surface area contributed by atoms with E-state index in [1.807, 2.05) is 0 Å². The second-order valence-electron chi connectivity index (χ2n) is 4.19. The molecule has 18 heavy (non-hydrogen) atoms. The number of nitrogens with one attached hydrogen (secondary N) is 2. The molecule has 0 fully saturated rings. The van der Waals surface area contributed by atoms with Crippen molar-refractivity contribution in [2.24, 2.45) is 0 Å². The average molecular weight is 267 g/mol. The molecule has 5 nitrogen and oxygen atoms in total. The number of unbranched alkanes of at least 4 members (excludes halogenated alkanes) is 2. The molecule has 2 N–H and O–H groups in total. The molecule has 0 saturated carbocycles. The Kier molecular flexibility index (Phi) is 3.98. The Bertz CT molecular complexity index is 619. The van der Waals surface area contributed by atoms with Gasteiger partial charge in [-0.2, -0.15) is 0 Å². The van der Waals surface area contributed by atoms with E-state index in [-0.39, 0.29) is 4.90 Å². The lowest BCUT2D eigenvalue weighted by Crippen LogP contribution is -2.24. The van der Waals surface area contributed by atoms with Crippen LogP contribution in [0.2, 0.25) is 0 Å². The molecule has 2 aromatic rings. The molecule has 0 aliphatic heterocycles. The fourth-order valence-electron chi connectivity index (χ4n) is 1.75. The number of hydrogen-bond donors (Lipinski definition) is 2. The summed E-state index contributed by atoms with van der Waals surface area (Å²) in [6.45, 7) is 2.57. The lowest BCUT2D eigenvalue weighted by Gasteiger charge is -2.06. The SMILES string of the molecule is CCCCCNS(=O)(=O)c1ccc2nc[nH]c2c1. The first-order valence-corrected chi connectivity index (χ1v) is 7.54. The number of hydrogen-bond acceptors (Lipinski definition) is 3. The van der Waals surface area contributed by atoms with Gasteiger partial charge in [0.2, 0.25) is 10.0 Å². The van der Waals surface area contributed by atoms with Gasteiger partial charge in [0.05, 0.1) is 22.3 Å². The summed E-state index contributed by atoms with van der Waals surface area (Å²) >= 11 is 0. The number of fused-ring (bicyclic) bond motifs is 1. The van der Waals surface area contributed by atoms with Crippen LogP contribution >= 0.6 is 0 Å². The molecule has 1 heterocycles. The van der Waals surface area contributed by atoms with Crippen LogP contribution in [-0.2, 0) is 10.0 Å². The van der Waals surface area contributed by atoms with Crippen molar-refractivity contribution in [3.63, 3.8) is 0 Å². The first-order chi connectivity index (χ1) is 8.63. The van der Waals surface area contributed by atoms with Gasteiger partial charge in [-0.1, -0.05) is 19.8 Å². The zero-order valence-electron chi connectivity index (χ0n) is 10.3. The van der Waals surface area contributed by atoms with Gasteiger partial charge in [0.25, 0.3) is 0 Å². The Labute approximate surface area is 107 Å². The first-order valence-electron chi connectivity index (χ1n) is 6.06. The third-order valence-electron chi connectivity index (χ3n) is 2.77. The first kappa shape index (κ1) is 13.0. The van der Waals surface area contributed by atoms with Crippen LogP contribution in [-0.4, -0.2) is 24.9 Å². The summed E-state index contributed by atoms with van der Waals surface area (Å²) in [6, 6.07) is 4.88. The van der Waals surface area contributed by atoms with E-state index < -0.39 is 10.0 Å². The molecule has 0 radical (unpaired) electrons. The molecule has 98 valence electrons. The molecule has 0 aliphatic rings. The third kappa shape index (κ3) is 2.88. The van der Waals surface area contributed by atoms with Gasteiger partial charge in [-0.15, -0.1) is 0 Å². The van der Waals surface area contributed by atoms with Crippen molar-refractivity contribution < 1.29 is 8.42 Å². The van der Waals surface area contributed by atoms with Crippen molar-refractivity contribution in [2.45, 2.75) is 31.1 Å². The van der Waals surface area contributed by atoms with Crippen molar-refractivity contribution in [3.8, 4) is 0 Å². The number of sulfonamides is 1. The van der Waals surface area contributed by atoms with Crippen LogP contribution in [0, 0.1) is 0 Å². The summed E-state index contributed by atoms with van der Waals surface area (Å²) in [6.07, 6.45) is 4.52. The minimum Gasteiger partial charge on any atom is -0.345 e. The van der Waals surface area contributed by atoms with Gasteiger partial charge in [0, 0.05) is 6.54 Å². The number of imidazole rings is 1. The van der Waals surface area contributed by atoms with Crippen LogP contribution in [0.25, 0.3) is 11.0 Å². The zero-order valence-corrected chi connectivity index (χ0v) is 11.1. The van der Waals surface area contributed by atoms with E-state index in [2.05, 4.69) is 21.6 Å². The minimum atomic E-state index is -3.41. The van der Waals surface area contributed by atoms with Crippen LogP contribution in [0.1, 0.15) is 26.2 Å². The number of H-pyrrole nitrogens is 1. The standard InChI is InChI=1S/C12H17N3O2S/c1-2-3-4-7-15-18(16,17)10-5-6-11-12(8-10)14-9-13-11/h5-6,8-9,15H,2-4,7H2,1H3,(H,13,14). The van der Waals surface area contributed by atoms with Crippen molar-refractivity contribution in [1.29, 1.82) is 0 Å². The van der Waals surface area contributed by atoms with E-state index >= 15 is 0 Å². The molecule has 1 aromatic heterocycles. The summed E-state index contributed by atoms with van der Waals surface area (Å²) in [4.78, 5) is 7.24. The van der Waals surface area contributed by atoms with Gasteiger partial charge in [-0.3, -0.25) is 0 Å². The monoisotopic (exact) mass is 267 g/mol. The van der Waals surface area contributed by atoms with Crippen molar-refractivity contribution >= 4 is 21.1 Å². The fourth-order valence-corrected chi connectivity index (χ4v) is 2.85. The Morgan fingerprint density at radius 1 is 1.33 bits per heavy atom. The van der Waals surface area contributed by atoms with Gasteiger partial charge < -0.3 is 4.98 Å². The van der Waals surface area contributed by atoms with Gasteiger partial charge >= 0.3 is 0 Å². The van der Waals surface area contributed by atoms with E-state index in [0.717, 1.165) is 30.3 Å². The van der Waals surface area contributed by atoms with E-state index in [9.17, 15) is 8.42 Å². The highest BCUT2D eigenvalue weighted by molar-refractivity contribution is 7.89. The van der Waals surface area contributed by atoms with Crippen LogP contribution in [0.4, 0.5) is 0 Å². The van der Waals surface area contributed by atoms with E-state index in [4.69, 9.17) is 0 Å².